The number of halogens is 1. The summed E-state index contributed by atoms with van der Waals surface area (Å²) >= 11 is 7.54. The van der Waals surface area contributed by atoms with E-state index in [0.717, 1.165) is 23.2 Å². The van der Waals surface area contributed by atoms with Crippen molar-refractivity contribution >= 4 is 22.9 Å². The van der Waals surface area contributed by atoms with Crippen molar-refractivity contribution < 1.29 is 0 Å². The molecule has 1 N–H and O–H groups in total. The van der Waals surface area contributed by atoms with Gasteiger partial charge in [0.05, 0.1) is 4.34 Å². The smallest absolute Gasteiger partial charge is 0.0931 e. The van der Waals surface area contributed by atoms with Crippen molar-refractivity contribution in [2.75, 3.05) is 13.6 Å². The summed E-state index contributed by atoms with van der Waals surface area (Å²) in [5.41, 5.74) is 0. The molecule has 13 heavy (non-hydrogen) atoms. The van der Waals surface area contributed by atoms with Gasteiger partial charge in [-0.1, -0.05) is 18.5 Å². The lowest BCUT2D eigenvalue weighted by atomic mass is 10.1. The summed E-state index contributed by atoms with van der Waals surface area (Å²) in [6.45, 7) is 3.37. The van der Waals surface area contributed by atoms with Gasteiger partial charge in [0.2, 0.25) is 0 Å². The fourth-order valence-electron chi connectivity index (χ4n) is 1.33. The second kappa shape index (κ2) is 5.63. The Balaban J connectivity index is 2.26. The lowest BCUT2D eigenvalue weighted by molar-refractivity contribution is 0.506. The maximum atomic E-state index is 5.84. The maximum absolute atomic E-state index is 5.84. The highest BCUT2D eigenvalue weighted by Gasteiger charge is 2.03. The van der Waals surface area contributed by atoms with Crippen LogP contribution in [-0.4, -0.2) is 13.6 Å². The minimum Gasteiger partial charge on any atom is -0.319 e. The van der Waals surface area contributed by atoms with Gasteiger partial charge in [0, 0.05) is 4.88 Å². The van der Waals surface area contributed by atoms with Crippen LogP contribution in [0.25, 0.3) is 0 Å². The van der Waals surface area contributed by atoms with Crippen LogP contribution in [0.3, 0.4) is 0 Å². The van der Waals surface area contributed by atoms with Crippen LogP contribution in [0.1, 0.15) is 18.2 Å². The second-order valence-corrected chi connectivity index (χ2v) is 5.21. The molecular weight excluding hydrogens is 202 g/mol. The molecule has 0 saturated carbocycles. The molecule has 1 atom stereocenters. The van der Waals surface area contributed by atoms with Crippen molar-refractivity contribution in [3.63, 3.8) is 0 Å². The van der Waals surface area contributed by atoms with Crippen LogP contribution < -0.4 is 5.32 Å². The average Bonchev–Trinajstić information content (AvgIpc) is 2.49. The third kappa shape index (κ3) is 4.12. The lowest BCUT2D eigenvalue weighted by Gasteiger charge is -2.08. The van der Waals surface area contributed by atoms with Gasteiger partial charge in [-0.25, -0.2) is 0 Å². The number of thiophene rings is 1. The zero-order valence-electron chi connectivity index (χ0n) is 8.14. The quantitative estimate of drug-likeness (QED) is 0.799. The molecule has 1 unspecified atom stereocenters. The van der Waals surface area contributed by atoms with Gasteiger partial charge in [-0.15, -0.1) is 11.3 Å². The van der Waals surface area contributed by atoms with E-state index in [1.165, 1.54) is 11.3 Å². The first-order valence-corrected chi connectivity index (χ1v) is 5.80. The van der Waals surface area contributed by atoms with Gasteiger partial charge in [0.25, 0.3) is 0 Å². The molecule has 74 valence electrons. The van der Waals surface area contributed by atoms with E-state index in [0.29, 0.717) is 0 Å². The second-order valence-electron chi connectivity index (χ2n) is 3.41. The largest absolute Gasteiger partial charge is 0.319 e. The summed E-state index contributed by atoms with van der Waals surface area (Å²) in [7, 11) is 2.00. The van der Waals surface area contributed by atoms with E-state index in [4.69, 9.17) is 11.6 Å². The van der Waals surface area contributed by atoms with E-state index in [2.05, 4.69) is 18.3 Å². The summed E-state index contributed by atoms with van der Waals surface area (Å²) in [6, 6.07) is 4.10. The minimum atomic E-state index is 0.742. The predicted molar refractivity (Wildman–Crippen MR) is 60.7 cm³/mol. The molecule has 0 bridgehead atoms. The highest BCUT2D eigenvalue weighted by molar-refractivity contribution is 7.16. The molecule has 1 nitrogen and oxygen atoms in total. The molecule has 0 aliphatic carbocycles. The molecule has 0 saturated heterocycles. The Hall–Kier alpha value is -0.0500. The van der Waals surface area contributed by atoms with Gasteiger partial charge in [-0.2, -0.15) is 0 Å². The van der Waals surface area contributed by atoms with Crippen LogP contribution in [0.4, 0.5) is 0 Å². The highest BCUT2D eigenvalue weighted by Crippen LogP contribution is 2.23. The van der Waals surface area contributed by atoms with Crippen LogP contribution in [0.5, 0.6) is 0 Å². The summed E-state index contributed by atoms with van der Waals surface area (Å²) in [6.07, 6.45) is 2.39. The Morgan fingerprint density at radius 2 is 2.31 bits per heavy atom. The molecule has 0 spiro atoms. The molecule has 0 aromatic carbocycles. The molecule has 0 radical (unpaired) electrons. The van der Waals surface area contributed by atoms with E-state index in [1.807, 2.05) is 13.1 Å². The van der Waals surface area contributed by atoms with Crippen molar-refractivity contribution in [2.45, 2.75) is 19.8 Å². The van der Waals surface area contributed by atoms with E-state index in [1.54, 1.807) is 11.3 Å². The van der Waals surface area contributed by atoms with Crippen molar-refractivity contribution in [3.8, 4) is 0 Å². The first-order chi connectivity index (χ1) is 6.22. The van der Waals surface area contributed by atoms with Crippen LogP contribution in [0, 0.1) is 5.92 Å². The molecule has 0 fully saturated rings. The molecule has 0 aliphatic rings. The molecule has 1 aromatic rings. The monoisotopic (exact) mass is 217 g/mol. The number of rotatable bonds is 5. The molecule has 0 amide bonds. The highest BCUT2D eigenvalue weighted by atomic mass is 35.5. The van der Waals surface area contributed by atoms with Crippen LogP contribution in [0.15, 0.2) is 12.1 Å². The standard InChI is InChI=1S/C10H16ClNS/c1-8(7-12-2)3-4-9-5-6-10(11)13-9/h5-6,8,12H,3-4,7H2,1-2H3. The van der Waals surface area contributed by atoms with Gasteiger partial charge >= 0.3 is 0 Å². The van der Waals surface area contributed by atoms with E-state index >= 15 is 0 Å². The predicted octanol–water partition coefficient (Wildman–Crippen LogP) is 3.19. The Labute approximate surface area is 89.1 Å². The average molecular weight is 218 g/mol. The van der Waals surface area contributed by atoms with Gasteiger partial charge in [0.1, 0.15) is 0 Å². The van der Waals surface area contributed by atoms with Crippen LogP contribution in [-0.2, 0) is 6.42 Å². The fourth-order valence-corrected chi connectivity index (χ4v) is 2.43. The van der Waals surface area contributed by atoms with Crippen molar-refractivity contribution in [1.82, 2.24) is 5.32 Å². The van der Waals surface area contributed by atoms with Gasteiger partial charge in [-0.05, 0) is 44.5 Å². The third-order valence-electron chi connectivity index (χ3n) is 2.06. The van der Waals surface area contributed by atoms with Gasteiger partial charge in [-0.3, -0.25) is 0 Å². The Bertz CT molecular complexity index is 247. The van der Waals surface area contributed by atoms with Crippen LogP contribution >= 0.6 is 22.9 Å². The summed E-state index contributed by atoms with van der Waals surface area (Å²) in [5.74, 6) is 0.742. The molecule has 3 heteroatoms. The topological polar surface area (TPSA) is 12.0 Å². The third-order valence-corrected chi connectivity index (χ3v) is 3.36. The van der Waals surface area contributed by atoms with E-state index in [-0.39, 0.29) is 0 Å². The Morgan fingerprint density at radius 3 is 2.85 bits per heavy atom. The van der Waals surface area contributed by atoms with Crippen molar-refractivity contribution in [3.05, 3.63) is 21.3 Å². The maximum Gasteiger partial charge on any atom is 0.0931 e. The zero-order chi connectivity index (χ0) is 9.68. The number of hydrogen-bond donors (Lipinski definition) is 1. The number of nitrogens with one attached hydrogen (secondary N) is 1. The normalized spacial score (nSPS) is 13.2. The van der Waals surface area contributed by atoms with E-state index < -0.39 is 0 Å². The molecule has 1 heterocycles. The minimum absolute atomic E-state index is 0.742. The SMILES string of the molecule is CNCC(C)CCc1ccc(Cl)s1. The fraction of sp³-hybridized carbons (Fsp3) is 0.600. The Morgan fingerprint density at radius 1 is 1.54 bits per heavy atom. The molecule has 1 aromatic heterocycles. The molecule has 0 aliphatic heterocycles. The van der Waals surface area contributed by atoms with Gasteiger partial charge < -0.3 is 5.32 Å². The number of aryl methyl sites for hydroxylation is 1. The number of hydrogen-bond acceptors (Lipinski definition) is 2. The first-order valence-electron chi connectivity index (χ1n) is 4.61. The van der Waals surface area contributed by atoms with Crippen molar-refractivity contribution in [1.29, 1.82) is 0 Å². The van der Waals surface area contributed by atoms with Crippen LogP contribution in [0.2, 0.25) is 4.34 Å². The summed E-state index contributed by atoms with van der Waals surface area (Å²) in [4.78, 5) is 1.40. The summed E-state index contributed by atoms with van der Waals surface area (Å²) < 4.78 is 0.899. The van der Waals surface area contributed by atoms with E-state index in [9.17, 15) is 0 Å². The first kappa shape index (κ1) is 11.0. The molecule has 1 rings (SSSR count). The lowest BCUT2D eigenvalue weighted by Crippen LogP contribution is -2.16. The molecular formula is C10H16ClNS. The Kier molecular flexibility index (Phi) is 4.78. The van der Waals surface area contributed by atoms with Gasteiger partial charge in [0.15, 0.2) is 0 Å². The summed E-state index contributed by atoms with van der Waals surface area (Å²) in [5, 5.41) is 3.19. The zero-order valence-corrected chi connectivity index (χ0v) is 9.71. The van der Waals surface area contributed by atoms with Crippen molar-refractivity contribution in [2.24, 2.45) is 5.92 Å².